The van der Waals surface area contributed by atoms with Gasteiger partial charge in [-0.25, -0.2) is 4.79 Å². The van der Waals surface area contributed by atoms with E-state index in [9.17, 15) is 4.79 Å². The molecule has 2 aromatic rings. The zero-order valence-corrected chi connectivity index (χ0v) is 13.8. The SMILES string of the molecule is COc1ccc2[nH]c3c(c2c1)C1CCN(C1)C3C(=O)OC(C)C. The number of esters is 1. The summed E-state index contributed by atoms with van der Waals surface area (Å²) in [5, 5.41) is 1.17. The minimum absolute atomic E-state index is 0.101. The van der Waals surface area contributed by atoms with Gasteiger partial charge in [-0.2, -0.15) is 0 Å². The molecule has 3 heterocycles. The third kappa shape index (κ3) is 2.22. The van der Waals surface area contributed by atoms with E-state index in [1.54, 1.807) is 7.11 Å². The van der Waals surface area contributed by atoms with Gasteiger partial charge in [-0.3, -0.25) is 4.90 Å². The Morgan fingerprint density at radius 2 is 2.22 bits per heavy atom. The smallest absolute Gasteiger partial charge is 0.329 e. The van der Waals surface area contributed by atoms with Crippen LogP contribution >= 0.6 is 0 Å². The second-order valence-electron chi connectivity index (χ2n) is 6.73. The normalized spacial score (nSPS) is 25.7. The van der Waals surface area contributed by atoms with Gasteiger partial charge in [0.2, 0.25) is 0 Å². The lowest BCUT2D eigenvalue weighted by molar-refractivity contribution is -0.154. The topological polar surface area (TPSA) is 54.6 Å². The molecule has 1 aromatic carbocycles. The fourth-order valence-corrected chi connectivity index (χ4v) is 4.00. The molecular formula is C18H22N2O3. The highest BCUT2D eigenvalue weighted by molar-refractivity contribution is 5.90. The second-order valence-corrected chi connectivity index (χ2v) is 6.73. The van der Waals surface area contributed by atoms with Crippen molar-refractivity contribution in [2.24, 2.45) is 0 Å². The Morgan fingerprint density at radius 3 is 2.96 bits per heavy atom. The van der Waals surface area contributed by atoms with Crippen molar-refractivity contribution in [1.82, 2.24) is 9.88 Å². The summed E-state index contributed by atoms with van der Waals surface area (Å²) < 4.78 is 10.9. The van der Waals surface area contributed by atoms with Crippen LogP contribution in [0.25, 0.3) is 10.9 Å². The van der Waals surface area contributed by atoms with E-state index >= 15 is 0 Å². The quantitative estimate of drug-likeness (QED) is 0.885. The maximum Gasteiger partial charge on any atom is 0.329 e. The zero-order chi connectivity index (χ0) is 16.1. The second kappa shape index (κ2) is 5.27. The van der Waals surface area contributed by atoms with Gasteiger partial charge in [-0.15, -0.1) is 0 Å². The summed E-state index contributed by atoms with van der Waals surface area (Å²) in [4.78, 5) is 18.4. The first-order chi connectivity index (χ1) is 11.1. The molecule has 5 heteroatoms. The van der Waals surface area contributed by atoms with Gasteiger partial charge in [0.15, 0.2) is 0 Å². The van der Waals surface area contributed by atoms with Crippen molar-refractivity contribution in [1.29, 1.82) is 0 Å². The fourth-order valence-electron chi connectivity index (χ4n) is 4.00. The van der Waals surface area contributed by atoms with E-state index < -0.39 is 0 Å². The van der Waals surface area contributed by atoms with Crippen LogP contribution in [0.3, 0.4) is 0 Å². The van der Waals surface area contributed by atoms with Gasteiger partial charge in [-0.1, -0.05) is 0 Å². The number of nitrogens with zero attached hydrogens (tertiary/aromatic N) is 1. The van der Waals surface area contributed by atoms with Gasteiger partial charge in [0.1, 0.15) is 11.8 Å². The number of benzene rings is 1. The Balaban J connectivity index is 1.85. The van der Waals surface area contributed by atoms with Crippen LogP contribution in [-0.2, 0) is 9.53 Å². The van der Waals surface area contributed by atoms with Gasteiger partial charge in [-0.05, 0) is 50.6 Å². The Hall–Kier alpha value is -2.01. The summed E-state index contributed by atoms with van der Waals surface area (Å²) in [6, 6.07) is 5.73. The average Bonchev–Trinajstić information content (AvgIpc) is 3.08. The molecule has 2 bridgehead atoms. The monoisotopic (exact) mass is 314 g/mol. The lowest BCUT2D eigenvalue weighted by Crippen LogP contribution is -2.37. The van der Waals surface area contributed by atoms with Crippen LogP contribution in [0.4, 0.5) is 0 Å². The summed E-state index contributed by atoms with van der Waals surface area (Å²) in [6.45, 7) is 5.65. The highest BCUT2D eigenvalue weighted by atomic mass is 16.5. The molecule has 122 valence electrons. The predicted molar refractivity (Wildman–Crippen MR) is 87.8 cm³/mol. The summed E-state index contributed by atoms with van der Waals surface area (Å²) in [5.41, 5.74) is 3.35. The number of ether oxygens (including phenoxy) is 2. The molecule has 1 fully saturated rings. The van der Waals surface area contributed by atoms with E-state index in [0.29, 0.717) is 5.92 Å². The molecular weight excluding hydrogens is 292 g/mol. The standard InChI is InChI=1S/C18H22N2O3/c1-10(2)23-18(21)17-16-15(11-6-7-20(17)9-11)13-8-12(22-3)4-5-14(13)19-16/h4-5,8,10-11,17,19H,6-7,9H2,1-3H3. The van der Waals surface area contributed by atoms with Crippen LogP contribution in [0.15, 0.2) is 18.2 Å². The predicted octanol–water partition coefficient (Wildman–Crippen LogP) is 2.97. The van der Waals surface area contributed by atoms with Gasteiger partial charge in [0.25, 0.3) is 0 Å². The van der Waals surface area contributed by atoms with Crippen molar-refractivity contribution >= 4 is 16.9 Å². The summed E-state index contributed by atoms with van der Waals surface area (Å²) in [5.74, 6) is 1.18. The number of nitrogens with one attached hydrogen (secondary N) is 1. The largest absolute Gasteiger partial charge is 0.497 e. The Morgan fingerprint density at radius 1 is 1.39 bits per heavy atom. The molecule has 0 radical (unpaired) electrons. The first-order valence-electron chi connectivity index (χ1n) is 8.22. The summed E-state index contributed by atoms with van der Waals surface area (Å²) in [7, 11) is 1.68. The van der Waals surface area contributed by atoms with Crippen molar-refractivity contribution < 1.29 is 14.3 Å². The lowest BCUT2D eigenvalue weighted by Gasteiger charge is -2.31. The van der Waals surface area contributed by atoms with Crippen LogP contribution in [0.2, 0.25) is 0 Å². The molecule has 3 atom stereocenters. The number of fused-ring (bicyclic) bond motifs is 6. The average molecular weight is 314 g/mol. The van der Waals surface area contributed by atoms with Crippen molar-refractivity contribution in [3.05, 3.63) is 29.5 Å². The van der Waals surface area contributed by atoms with Crippen LogP contribution < -0.4 is 4.74 Å². The highest BCUT2D eigenvalue weighted by Crippen LogP contribution is 2.46. The van der Waals surface area contributed by atoms with Crippen molar-refractivity contribution in [2.45, 2.75) is 38.3 Å². The van der Waals surface area contributed by atoms with Crippen LogP contribution in [0.1, 0.15) is 43.5 Å². The van der Waals surface area contributed by atoms with E-state index in [1.807, 2.05) is 26.0 Å². The van der Waals surface area contributed by atoms with Crippen molar-refractivity contribution in [3.8, 4) is 5.75 Å². The number of carbonyl (C=O) groups is 1. The third-order valence-electron chi connectivity index (χ3n) is 4.92. The molecule has 4 rings (SSSR count). The number of carbonyl (C=O) groups excluding carboxylic acids is 1. The lowest BCUT2D eigenvalue weighted by atomic mass is 9.90. The number of methoxy groups -OCH3 is 1. The Kier molecular flexibility index (Phi) is 3.34. The maximum absolute atomic E-state index is 12.7. The molecule has 23 heavy (non-hydrogen) atoms. The van der Waals surface area contributed by atoms with Crippen LogP contribution in [-0.4, -0.2) is 42.2 Å². The summed E-state index contributed by atoms with van der Waals surface area (Å²) in [6.07, 6.45) is 0.985. The molecule has 5 nitrogen and oxygen atoms in total. The fraction of sp³-hybridized carbons (Fsp3) is 0.500. The Bertz CT molecular complexity index is 765. The molecule has 1 saturated heterocycles. The zero-order valence-electron chi connectivity index (χ0n) is 13.8. The first-order valence-corrected chi connectivity index (χ1v) is 8.22. The van der Waals surface area contributed by atoms with E-state index in [0.717, 1.165) is 36.5 Å². The van der Waals surface area contributed by atoms with Crippen molar-refractivity contribution in [3.63, 3.8) is 0 Å². The van der Waals surface area contributed by atoms with E-state index in [4.69, 9.17) is 9.47 Å². The number of rotatable bonds is 3. The van der Waals surface area contributed by atoms with Crippen LogP contribution in [0, 0.1) is 0 Å². The van der Waals surface area contributed by atoms with Gasteiger partial charge in [0.05, 0.1) is 13.2 Å². The number of H-pyrrole nitrogens is 1. The number of hydrogen-bond acceptors (Lipinski definition) is 4. The highest BCUT2D eigenvalue weighted by Gasteiger charge is 2.44. The Labute approximate surface area is 135 Å². The van der Waals surface area contributed by atoms with E-state index in [1.165, 1.54) is 10.9 Å². The molecule has 2 aliphatic heterocycles. The molecule has 0 aliphatic carbocycles. The van der Waals surface area contributed by atoms with E-state index in [2.05, 4.69) is 16.0 Å². The van der Waals surface area contributed by atoms with Gasteiger partial charge in [0, 0.05) is 29.1 Å². The number of aromatic nitrogens is 1. The van der Waals surface area contributed by atoms with Crippen molar-refractivity contribution in [2.75, 3.05) is 20.2 Å². The maximum atomic E-state index is 12.7. The molecule has 3 unspecified atom stereocenters. The minimum Gasteiger partial charge on any atom is -0.497 e. The molecule has 1 aromatic heterocycles. The van der Waals surface area contributed by atoms with E-state index in [-0.39, 0.29) is 18.1 Å². The first kappa shape index (κ1) is 14.6. The molecule has 1 N–H and O–H groups in total. The van der Waals surface area contributed by atoms with Crippen LogP contribution in [0.5, 0.6) is 5.75 Å². The molecule has 0 amide bonds. The van der Waals surface area contributed by atoms with Gasteiger partial charge < -0.3 is 14.5 Å². The number of aromatic amines is 1. The number of hydrogen-bond donors (Lipinski definition) is 1. The minimum atomic E-state index is -0.315. The molecule has 0 spiro atoms. The molecule has 0 saturated carbocycles. The molecule has 2 aliphatic rings. The van der Waals surface area contributed by atoms with Gasteiger partial charge >= 0.3 is 5.97 Å². The third-order valence-corrected chi connectivity index (χ3v) is 4.92. The summed E-state index contributed by atoms with van der Waals surface area (Å²) >= 11 is 0.